The molecule has 4 aromatic rings. The van der Waals surface area contributed by atoms with Crippen LogP contribution in [0.4, 0.5) is 11.4 Å². The molecule has 4 aromatic carbocycles. The molecule has 1 atom stereocenters. The lowest BCUT2D eigenvalue weighted by atomic mass is 10.0. The van der Waals surface area contributed by atoms with E-state index in [2.05, 4.69) is 5.32 Å². The first-order valence-corrected chi connectivity index (χ1v) is 18.0. The van der Waals surface area contributed by atoms with Crippen LogP contribution in [0.25, 0.3) is 0 Å². The second-order valence-corrected chi connectivity index (χ2v) is 14.2. The lowest BCUT2D eigenvalue weighted by Gasteiger charge is -2.34. The minimum Gasteiger partial charge on any atom is -0.497 e. The van der Waals surface area contributed by atoms with Gasteiger partial charge in [0, 0.05) is 41.2 Å². The van der Waals surface area contributed by atoms with Gasteiger partial charge in [-0.05, 0) is 66.9 Å². The van der Waals surface area contributed by atoms with E-state index in [0.717, 1.165) is 22.4 Å². The summed E-state index contributed by atoms with van der Waals surface area (Å²) < 4.78 is 34.8. The molecule has 0 saturated carbocycles. The third-order valence-corrected chi connectivity index (χ3v) is 10.4. The molecule has 0 bridgehead atoms. The van der Waals surface area contributed by atoms with E-state index in [1.165, 1.54) is 61.4 Å². The highest BCUT2D eigenvalue weighted by atomic mass is 35.5. The molecule has 4 rings (SSSR count). The molecule has 0 spiro atoms. The summed E-state index contributed by atoms with van der Waals surface area (Å²) in [7, 11) is -3.13. The van der Waals surface area contributed by atoms with E-state index in [4.69, 9.17) is 27.9 Å². The van der Waals surface area contributed by atoms with Gasteiger partial charge in [-0.1, -0.05) is 79.0 Å². The minimum absolute atomic E-state index is 0.0962. The Morgan fingerprint density at radius 1 is 0.980 bits per heavy atom. The zero-order chi connectivity index (χ0) is 36.4. The Morgan fingerprint density at radius 3 is 2.30 bits per heavy atom. The number of carbonyl (C=O) groups is 2. The molecule has 0 saturated heterocycles. The Bertz CT molecular complexity index is 1930. The van der Waals surface area contributed by atoms with Gasteiger partial charge in [0.25, 0.3) is 15.7 Å². The SMILES string of the molecule is CCCCNC(=O)[C@H](Cc1ccccc1)N(Cc1ccc(Cl)cc1Cl)C(=O)CN(c1ccc(OC)cc1)S(=O)(=O)c1ccc(C)c([N+](=O)[O-])c1. The molecule has 50 heavy (non-hydrogen) atoms. The molecule has 1 N–H and O–H groups in total. The predicted molar refractivity (Wildman–Crippen MR) is 194 cm³/mol. The summed E-state index contributed by atoms with van der Waals surface area (Å²) in [5.74, 6) is -0.702. The summed E-state index contributed by atoms with van der Waals surface area (Å²) in [6.07, 6.45) is 1.67. The molecular formula is C36H38Cl2N4O7S. The summed E-state index contributed by atoms with van der Waals surface area (Å²) in [6, 6.07) is 22.4. The standard InChI is InChI=1S/C36H38Cl2N4O7S/c1-4-5-19-39-36(44)34(20-26-9-7-6-8-10-26)40(23-27-12-13-28(37)21-32(27)38)35(43)24-41(29-14-16-30(49-3)17-15-29)50(47,48)31-18-11-25(2)33(22-31)42(45)46/h6-18,21-22,34H,4-5,19-20,23-24H2,1-3H3,(H,39,44)/t34-/m0/s1. The number of benzene rings is 4. The normalized spacial score (nSPS) is 11.8. The van der Waals surface area contributed by atoms with Crippen molar-refractivity contribution in [3.05, 3.63) is 128 Å². The van der Waals surface area contributed by atoms with Gasteiger partial charge >= 0.3 is 0 Å². The van der Waals surface area contributed by atoms with E-state index < -0.39 is 45.0 Å². The Morgan fingerprint density at radius 2 is 1.68 bits per heavy atom. The van der Waals surface area contributed by atoms with Gasteiger partial charge in [0.15, 0.2) is 0 Å². The first kappa shape index (κ1) is 38.2. The molecule has 264 valence electrons. The van der Waals surface area contributed by atoms with Crippen LogP contribution in [-0.4, -0.2) is 56.3 Å². The largest absolute Gasteiger partial charge is 0.497 e. The van der Waals surface area contributed by atoms with Gasteiger partial charge in [0.1, 0.15) is 18.3 Å². The van der Waals surface area contributed by atoms with E-state index in [-0.39, 0.29) is 34.1 Å². The molecule has 0 unspecified atom stereocenters. The van der Waals surface area contributed by atoms with E-state index >= 15 is 0 Å². The van der Waals surface area contributed by atoms with Gasteiger partial charge < -0.3 is 15.0 Å². The Labute approximate surface area is 302 Å². The minimum atomic E-state index is -4.59. The number of amides is 2. The first-order valence-electron chi connectivity index (χ1n) is 15.8. The Balaban J connectivity index is 1.85. The van der Waals surface area contributed by atoms with E-state index in [1.807, 2.05) is 37.3 Å². The van der Waals surface area contributed by atoms with Gasteiger partial charge in [0.05, 0.1) is 22.6 Å². The highest BCUT2D eigenvalue weighted by Crippen LogP contribution is 2.30. The van der Waals surface area contributed by atoms with E-state index in [0.29, 0.717) is 29.3 Å². The van der Waals surface area contributed by atoms with Gasteiger partial charge in [0.2, 0.25) is 11.8 Å². The van der Waals surface area contributed by atoms with E-state index in [9.17, 15) is 28.1 Å². The number of anilines is 1. The zero-order valence-corrected chi connectivity index (χ0v) is 30.2. The molecule has 0 heterocycles. The number of nitro benzene ring substituents is 1. The van der Waals surface area contributed by atoms with Crippen molar-refractivity contribution in [1.82, 2.24) is 10.2 Å². The average Bonchev–Trinajstić information content (AvgIpc) is 3.10. The number of nitrogens with one attached hydrogen (secondary N) is 1. The van der Waals surface area contributed by atoms with Crippen LogP contribution in [0.1, 0.15) is 36.5 Å². The number of ether oxygens (including phenoxy) is 1. The van der Waals surface area contributed by atoms with Crippen LogP contribution in [0.3, 0.4) is 0 Å². The fourth-order valence-electron chi connectivity index (χ4n) is 5.24. The monoisotopic (exact) mass is 740 g/mol. The van der Waals surface area contributed by atoms with Crippen LogP contribution < -0.4 is 14.4 Å². The summed E-state index contributed by atoms with van der Waals surface area (Å²) in [5, 5.41) is 15.3. The number of methoxy groups -OCH3 is 1. The summed E-state index contributed by atoms with van der Waals surface area (Å²) in [4.78, 5) is 40.6. The second-order valence-electron chi connectivity index (χ2n) is 11.5. The van der Waals surface area contributed by atoms with Crippen LogP contribution in [0, 0.1) is 17.0 Å². The smallest absolute Gasteiger partial charge is 0.273 e. The van der Waals surface area contributed by atoms with Crippen LogP contribution in [0.5, 0.6) is 5.75 Å². The number of halogens is 2. The van der Waals surface area contributed by atoms with Gasteiger partial charge in [-0.3, -0.25) is 24.0 Å². The maximum absolute atomic E-state index is 14.6. The molecule has 11 nitrogen and oxygen atoms in total. The molecule has 0 aliphatic carbocycles. The van der Waals surface area contributed by atoms with Gasteiger partial charge in [-0.25, -0.2) is 8.42 Å². The number of aryl methyl sites for hydroxylation is 1. The number of carbonyl (C=O) groups excluding carboxylic acids is 2. The van der Waals surface area contributed by atoms with Crippen molar-refractivity contribution in [3.63, 3.8) is 0 Å². The van der Waals surface area contributed by atoms with Crippen LogP contribution in [0.15, 0.2) is 95.9 Å². The maximum Gasteiger partial charge on any atom is 0.273 e. The average molecular weight is 742 g/mol. The molecule has 0 aromatic heterocycles. The fourth-order valence-corrected chi connectivity index (χ4v) is 7.15. The van der Waals surface area contributed by atoms with Crippen molar-refractivity contribution >= 4 is 56.4 Å². The third-order valence-electron chi connectivity index (χ3n) is 8.06. The van der Waals surface area contributed by atoms with Crippen molar-refractivity contribution in [2.75, 3.05) is 24.5 Å². The van der Waals surface area contributed by atoms with Crippen molar-refractivity contribution in [1.29, 1.82) is 0 Å². The maximum atomic E-state index is 14.6. The number of hydrogen-bond acceptors (Lipinski definition) is 7. The number of nitro groups is 1. The molecular weight excluding hydrogens is 703 g/mol. The summed E-state index contributed by atoms with van der Waals surface area (Å²) in [5.41, 5.74) is 1.23. The summed E-state index contributed by atoms with van der Waals surface area (Å²) in [6.45, 7) is 2.96. The van der Waals surface area contributed by atoms with Crippen LogP contribution in [0.2, 0.25) is 10.0 Å². The second kappa shape index (κ2) is 17.3. The molecule has 0 radical (unpaired) electrons. The van der Waals surface area contributed by atoms with Crippen molar-refractivity contribution in [2.24, 2.45) is 0 Å². The molecule has 0 fully saturated rings. The topological polar surface area (TPSA) is 139 Å². The summed E-state index contributed by atoms with van der Waals surface area (Å²) >= 11 is 12.7. The van der Waals surface area contributed by atoms with E-state index in [1.54, 1.807) is 12.1 Å². The van der Waals surface area contributed by atoms with Crippen LogP contribution >= 0.6 is 23.2 Å². The first-order chi connectivity index (χ1) is 23.8. The zero-order valence-electron chi connectivity index (χ0n) is 27.8. The van der Waals surface area contributed by atoms with Gasteiger partial charge in [-0.15, -0.1) is 0 Å². The number of nitrogens with zero attached hydrogens (tertiary/aromatic N) is 3. The third kappa shape index (κ3) is 9.52. The van der Waals surface area contributed by atoms with Crippen molar-refractivity contribution < 1.29 is 27.7 Å². The highest BCUT2D eigenvalue weighted by molar-refractivity contribution is 7.92. The lowest BCUT2D eigenvalue weighted by molar-refractivity contribution is -0.385. The molecule has 0 aliphatic rings. The lowest BCUT2D eigenvalue weighted by Crippen LogP contribution is -2.53. The quantitative estimate of drug-likeness (QED) is 0.0744. The fraction of sp³-hybridized carbons (Fsp3) is 0.278. The van der Waals surface area contributed by atoms with Crippen molar-refractivity contribution in [3.8, 4) is 5.75 Å². The van der Waals surface area contributed by atoms with Crippen LogP contribution in [-0.2, 0) is 32.6 Å². The van der Waals surface area contributed by atoms with Crippen molar-refractivity contribution in [2.45, 2.75) is 50.6 Å². The Kier molecular flexibility index (Phi) is 13.2. The molecule has 0 aliphatic heterocycles. The Hall–Kier alpha value is -4.65. The number of hydrogen-bond donors (Lipinski definition) is 1. The van der Waals surface area contributed by atoms with Gasteiger partial charge in [-0.2, -0.15) is 0 Å². The highest BCUT2D eigenvalue weighted by Gasteiger charge is 2.35. The molecule has 2 amide bonds. The molecule has 14 heteroatoms. The number of rotatable bonds is 16. The number of unbranched alkanes of at least 4 members (excludes halogenated alkanes) is 1. The predicted octanol–water partition coefficient (Wildman–Crippen LogP) is 6.97. The number of sulfonamides is 1.